The van der Waals surface area contributed by atoms with Gasteiger partial charge >= 0.3 is 0 Å². The minimum Gasteiger partial charge on any atom is -0.396 e. The van der Waals surface area contributed by atoms with Crippen molar-refractivity contribution in [3.05, 3.63) is 23.3 Å². The summed E-state index contributed by atoms with van der Waals surface area (Å²) in [5.41, 5.74) is 3.99. The van der Waals surface area contributed by atoms with Crippen molar-refractivity contribution in [2.24, 2.45) is 45.8 Å². The monoisotopic (exact) mass is 426 g/mol. The van der Waals surface area contributed by atoms with Gasteiger partial charge in [-0.3, -0.25) is 0 Å². The largest absolute Gasteiger partial charge is 0.396 e. The second-order valence-corrected chi connectivity index (χ2v) is 12.9. The smallest absolute Gasteiger partial charge is 0.0634 e. The summed E-state index contributed by atoms with van der Waals surface area (Å²) < 4.78 is 0. The van der Waals surface area contributed by atoms with Crippen LogP contribution >= 0.6 is 0 Å². The molecule has 0 bridgehead atoms. The molecule has 8 atom stereocenters. The summed E-state index contributed by atoms with van der Waals surface area (Å²) in [5.74, 6) is 3.61. The van der Waals surface area contributed by atoms with Crippen molar-refractivity contribution in [3.63, 3.8) is 0 Å². The van der Waals surface area contributed by atoms with Gasteiger partial charge in [0.05, 0.1) is 6.10 Å². The molecule has 2 nitrogen and oxygen atoms in total. The van der Waals surface area contributed by atoms with Crippen LogP contribution in [0.25, 0.3) is 0 Å². The minimum atomic E-state index is -0.0841. The number of allylic oxidation sites excluding steroid dienone is 3. The van der Waals surface area contributed by atoms with Gasteiger partial charge in [-0.25, -0.2) is 0 Å². The number of hydrogen-bond donors (Lipinski definition) is 2. The Morgan fingerprint density at radius 3 is 2.52 bits per heavy atom. The van der Waals surface area contributed by atoms with E-state index in [9.17, 15) is 10.2 Å². The van der Waals surface area contributed by atoms with Gasteiger partial charge in [-0.15, -0.1) is 0 Å². The van der Waals surface area contributed by atoms with Crippen molar-refractivity contribution >= 4 is 0 Å². The zero-order chi connectivity index (χ0) is 22.0. The van der Waals surface area contributed by atoms with Crippen molar-refractivity contribution in [1.29, 1.82) is 0 Å². The average molecular weight is 427 g/mol. The van der Waals surface area contributed by atoms with E-state index in [1.54, 1.807) is 5.57 Å². The Hall–Kier alpha value is -0.600. The molecule has 0 aromatic carbocycles. The van der Waals surface area contributed by atoms with Gasteiger partial charge in [-0.2, -0.15) is 0 Å². The van der Waals surface area contributed by atoms with E-state index in [1.807, 2.05) is 0 Å². The lowest BCUT2D eigenvalue weighted by Gasteiger charge is -2.60. The molecule has 0 aromatic heterocycles. The SMILES string of the molecule is CC(C)=CCC[C@@H](CO)[C@H]1CC[C@H]2[C@@H]3CC=C4C5(CC5)[C@@H](O)CC[C@]4(C)[C@H]3CC[C@]12C. The Balaban J connectivity index is 1.38. The van der Waals surface area contributed by atoms with E-state index in [4.69, 9.17) is 0 Å². The second-order valence-electron chi connectivity index (χ2n) is 12.9. The summed E-state index contributed by atoms with van der Waals surface area (Å²) in [6.45, 7) is 9.91. The Kier molecular flexibility index (Phi) is 5.53. The fraction of sp³-hybridized carbons (Fsp3) is 0.862. The molecule has 4 saturated carbocycles. The van der Waals surface area contributed by atoms with Crippen molar-refractivity contribution in [3.8, 4) is 0 Å². The van der Waals surface area contributed by atoms with Gasteiger partial charge in [0.2, 0.25) is 0 Å². The third-order valence-electron chi connectivity index (χ3n) is 11.3. The molecule has 5 aliphatic rings. The first kappa shape index (κ1) is 22.2. The van der Waals surface area contributed by atoms with Crippen LogP contribution in [0, 0.1) is 45.8 Å². The average Bonchev–Trinajstić information content (AvgIpc) is 3.44. The highest BCUT2D eigenvalue weighted by Crippen LogP contribution is 2.72. The molecule has 1 spiro atoms. The first-order valence-electron chi connectivity index (χ1n) is 13.4. The highest BCUT2D eigenvalue weighted by molar-refractivity contribution is 5.36. The van der Waals surface area contributed by atoms with Crippen LogP contribution in [-0.2, 0) is 0 Å². The molecule has 174 valence electrons. The molecule has 31 heavy (non-hydrogen) atoms. The van der Waals surface area contributed by atoms with Crippen LogP contribution in [-0.4, -0.2) is 22.9 Å². The molecule has 5 aliphatic carbocycles. The third-order valence-corrected chi connectivity index (χ3v) is 11.3. The molecule has 0 radical (unpaired) electrons. The van der Waals surface area contributed by atoms with Gasteiger partial charge < -0.3 is 10.2 Å². The van der Waals surface area contributed by atoms with E-state index in [0.717, 1.165) is 37.0 Å². The second kappa shape index (κ2) is 7.73. The van der Waals surface area contributed by atoms with Crippen LogP contribution in [0.1, 0.15) is 98.3 Å². The van der Waals surface area contributed by atoms with Crippen LogP contribution < -0.4 is 0 Å². The standard InChI is InChI=1S/C29H46O2/c1-19(2)6-5-7-20(18-30)22-9-10-23-21-8-11-25-28(4,24(21)12-14-27(22,23)3)15-13-26(31)29(25)16-17-29/h6,11,20-24,26,30-31H,5,7-10,12-18H2,1-4H3/t20-,21-,22+,23-,24-,26-,27+,28+/m0/s1. The molecule has 0 amide bonds. The van der Waals surface area contributed by atoms with Gasteiger partial charge in [-0.05, 0) is 125 Å². The molecule has 0 saturated heterocycles. The highest BCUT2D eigenvalue weighted by Gasteiger charge is 2.65. The maximum Gasteiger partial charge on any atom is 0.0634 e. The molecule has 5 rings (SSSR count). The topological polar surface area (TPSA) is 40.5 Å². The number of fused-ring (bicyclic) bond motifs is 6. The number of aliphatic hydroxyl groups excluding tert-OH is 2. The van der Waals surface area contributed by atoms with Crippen LogP contribution in [0.4, 0.5) is 0 Å². The van der Waals surface area contributed by atoms with Crippen LogP contribution in [0.2, 0.25) is 0 Å². The molecule has 0 aromatic rings. The molecular weight excluding hydrogens is 380 g/mol. The highest BCUT2D eigenvalue weighted by atomic mass is 16.3. The summed E-state index contributed by atoms with van der Waals surface area (Å²) in [6, 6.07) is 0. The van der Waals surface area contributed by atoms with Crippen molar-refractivity contribution in [2.45, 2.75) is 104 Å². The maximum atomic E-state index is 10.8. The molecule has 4 fully saturated rings. The Morgan fingerprint density at radius 1 is 1.06 bits per heavy atom. The molecular formula is C29H46O2. The maximum absolute atomic E-state index is 10.8. The number of hydrogen-bond acceptors (Lipinski definition) is 2. The lowest BCUT2D eigenvalue weighted by molar-refractivity contribution is -0.0726. The van der Waals surface area contributed by atoms with Gasteiger partial charge in [-0.1, -0.05) is 37.1 Å². The van der Waals surface area contributed by atoms with E-state index in [1.165, 1.54) is 56.9 Å². The van der Waals surface area contributed by atoms with Crippen molar-refractivity contribution < 1.29 is 10.2 Å². The lowest BCUT2D eigenvalue weighted by Crippen LogP contribution is -2.53. The lowest BCUT2D eigenvalue weighted by atomic mass is 9.45. The third kappa shape index (κ3) is 3.25. The van der Waals surface area contributed by atoms with Crippen LogP contribution in [0.3, 0.4) is 0 Å². The number of rotatable bonds is 5. The van der Waals surface area contributed by atoms with E-state index in [2.05, 4.69) is 39.8 Å². The Bertz CT molecular complexity index is 757. The fourth-order valence-corrected chi connectivity index (χ4v) is 9.64. The van der Waals surface area contributed by atoms with E-state index >= 15 is 0 Å². The Labute approximate surface area is 190 Å². The molecule has 0 aliphatic heterocycles. The normalized spacial score (nSPS) is 45.9. The van der Waals surface area contributed by atoms with Crippen LogP contribution in [0.5, 0.6) is 0 Å². The molecule has 0 heterocycles. The molecule has 2 N–H and O–H groups in total. The Morgan fingerprint density at radius 2 is 1.84 bits per heavy atom. The van der Waals surface area contributed by atoms with E-state index in [0.29, 0.717) is 29.3 Å². The molecule has 0 unspecified atom stereocenters. The summed E-state index contributed by atoms with van der Waals surface area (Å²) in [5, 5.41) is 21.1. The van der Waals surface area contributed by atoms with Crippen molar-refractivity contribution in [2.75, 3.05) is 6.61 Å². The van der Waals surface area contributed by atoms with Gasteiger partial charge in [0.25, 0.3) is 0 Å². The zero-order valence-electron chi connectivity index (χ0n) is 20.5. The number of aliphatic hydroxyl groups is 2. The van der Waals surface area contributed by atoms with Gasteiger partial charge in [0, 0.05) is 12.0 Å². The summed E-state index contributed by atoms with van der Waals surface area (Å²) >= 11 is 0. The van der Waals surface area contributed by atoms with Gasteiger partial charge in [0.1, 0.15) is 0 Å². The quantitative estimate of drug-likeness (QED) is 0.482. The van der Waals surface area contributed by atoms with E-state index < -0.39 is 0 Å². The summed E-state index contributed by atoms with van der Waals surface area (Å²) in [4.78, 5) is 0. The van der Waals surface area contributed by atoms with Crippen LogP contribution in [0.15, 0.2) is 23.3 Å². The predicted octanol–water partition coefficient (Wildman–Crippen LogP) is 6.67. The zero-order valence-corrected chi connectivity index (χ0v) is 20.5. The summed E-state index contributed by atoms with van der Waals surface area (Å²) in [6.07, 6.45) is 18.5. The minimum absolute atomic E-state index is 0.0841. The first-order chi connectivity index (χ1) is 14.8. The summed E-state index contributed by atoms with van der Waals surface area (Å²) in [7, 11) is 0. The fourth-order valence-electron chi connectivity index (χ4n) is 9.64. The molecule has 2 heteroatoms. The van der Waals surface area contributed by atoms with Crippen molar-refractivity contribution in [1.82, 2.24) is 0 Å². The van der Waals surface area contributed by atoms with E-state index in [-0.39, 0.29) is 11.5 Å². The van der Waals surface area contributed by atoms with Gasteiger partial charge in [0.15, 0.2) is 0 Å². The first-order valence-corrected chi connectivity index (χ1v) is 13.4. The predicted molar refractivity (Wildman–Crippen MR) is 127 cm³/mol.